The molecule has 1 aliphatic rings. The van der Waals surface area contributed by atoms with Crippen LogP contribution >= 0.6 is 0 Å². The molecule has 0 bridgehead atoms. The second kappa shape index (κ2) is 13.2. The zero-order valence-corrected chi connectivity index (χ0v) is 20.3. The molecule has 0 aliphatic carbocycles. The van der Waals surface area contributed by atoms with Gasteiger partial charge in [0.05, 0.1) is 20.3 Å². The third-order valence-corrected chi connectivity index (χ3v) is 6.08. The van der Waals surface area contributed by atoms with Crippen LogP contribution in [0.3, 0.4) is 0 Å². The molecular weight excluding hydrogens is 492 g/mol. The molecule has 206 valence electrons. The van der Waals surface area contributed by atoms with E-state index in [1.807, 2.05) is 0 Å². The van der Waals surface area contributed by atoms with Crippen LogP contribution in [0.25, 0.3) is 0 Å². The summed E-state index contributed by atoms with van der Waals surface area (Å²) in [5.41, 5.74) is 1.02. The monoisotopic (exact) mass is 526 g/mol. The van der Waals surface area contributed by atoms with Crippen LogP contribution in [-0.2, 0) is 11.2 Å². The first kappa shape index (κ1) is 28.9. The average molecular weight is 527 g/mol. The molecule has 12 nitrogen and oxygen atoms in total. The maximum atomic E-state index is 10.9. The smallest absolute Gasteiger partial charge is 0.229 e. The zero-order chi connectivity index (χ0) is 27.1. The summed E-state index contributed by atoms with van der Waals surface area (Å²) < 4.78 is 22.2. The molecule has 0 saturated carbocycles. The van der Waals surface area contributed by atoms with Crippen molar-refractivity contribution in [2.24, 2.45) is 0 Å². The van der Waals surface area contributed by atoms with E-state index in [1.165, 1.54) is 31.4 Å². The van der Waals surface area contributed by atoms with Gasteiger partial charge in [-0.25, -0.2) is 0 Å². The number of aliphatic hydroxyl groups is 7. The molecule has 7 atom stereocenters. The molecule has 1 aliphatic heterocycles. The summed E-state index contributed by atoms with van der Waals surface area (Å²) in [4.78, 5) is 0. The van der Waals surface area contributed by atoms with Crippen molar-refractivity contribution in [3.63, 3.8) is 0 Å². The van der Waals surface area contributed by atoms with Gasteiger partial charge >= 0.3 is 0 Å². The second-order valence-corrected chi connectivity index (χ2v) is 8.64. The Balaban J connectivity index is 1.89. The summed E-state index contributed by atoms with van der Waals surface area (Å²) in [6.07, 6.45) is -9.20. The van der Waals surface area contributed by atoms with Gasteiger partial charge in [0.1, 0.15) is 30.5 Å². The Bertz CT molecular complexity index is 1000. The fourth-order valence-corrected chi connectivity index (χ4v) is 3.93. The molecule has 0 radical (unpaired) electrons. The Morgan fingerprint density at radius 1 is 0.919 bits per heavy atom. The first-order chi connectivity index (χ1) is 17.7. The van der Waals surface area contributed by atoms with Crippen molar-refractivity contribution in [3.05, 3.63) is 47.5 Å². The second-order valence-electron chi connectivity index (χ2n) is 8.64. The number of ether oxygens (including phenoxy) is 4. The van der Waals surface area contributed by atoms with Crippen molar-refractivity contribution in [2.75, 3.05) is 26.9 Å². The number of benzene rings is 2. The van der Waals surface area contributed by atoms with Crippen LogP contribution < -0.4 is 14.2 Å². The highest BCUT2D eigenvalue weighted by molar-refractivity contribution is 5.45. The van der Waals surface area contributed by atoms with Crippen LogP contribution in [0.2, 0.25) is 0 Å². The van der Waals surface area contributed by atoms with Crippen molar-refractivity contribution in [2.45, 2.75) is 55.8 Å². The van der Waals surface area contributed by atoms with Crippen molar-refractivity contribution in [3.8, 4) is 23.0 Å². The van der Waals surface area contributed by atoms with E-state index in [4.69, 9.17) is 24.1 Å². The van der Waals surface area contributed by atoms with Gasteiger partial charge in [-0.1, -0.05) is 12.1 Å². The van der Waals surface area contributed by atoms with E-state index in [1.54, 1.807) is 12.1 Å². The van der Waals surface area contributed by atoms with Crippen LogP contribution in [0.5, 0.6) is 23.0 Å². The quantitative estimate of drug-likeness (QED) is 0.168. The molecule has 1 saturated heterocycles. The summed E-state index contributed by atoms with van der Waals surface area (Å²) in [6, 6.07) is 8.92. The highest BCUT2D eigenvalue weighted by Crippen LogP contribution is 2.36. The molecule has 8 N–H and O–H groups in total. The van der Waals surface area contributed by atoms with Gasteiger partial charge in [0, 0.05) is 6.61 Å². The fourth-order valence-electron chi connectivity index (χ4n) is 3.93. The number of phenols is 1. The summed E-state index contributed by atoms with van der Waals surface area (Å²) in [5.74, 6) is 0.0592. The molecule has 0 aromatic heterocycles. The maximum Gasteiger partial charge on any atom is 0.229 e. The van der Waals surface area contributed by atoms with Crippen LogP contribution in [0.4, 0.5) is 0 Å². The van der Waals surface area contributed by atoms with E-state index in [-0.39, 0.29) is 29.6 Å². The molecule has 3 rings (SSSR count). The summed E-state index contributed by atoms with van der Waals surface area (Å²) >= 11 is 0. The van der Waals surface area contributed by atoms with Crippen molar-refractivity contribution in [1.29, 1.82) is 0 Å². The van der Waals surface area contributed by atoms with Gasteiger partial charge in [-0.15, -0.1) is 0 Å². The average Bonchev–Trinajstić information content (AvgIpc) is 2.91. The van der Waals surface area contributed by atoms with E-state index in [9.17, 15) is 35.7 Å². The number of phenolic OH excluding ortho intramolecular Hbond substituents is 1. The molecular formula is C25H34O12. The SMILES string of the molecule is COc1cc(C(O)C(CO)Oc2ccc(CCCO)cc2OC2OC(CO)C(O)C(O)C2O)ccc1O. The molecule has 0 amide bonds. The highest BCUT2D eigenvalue weighted by Gasteiger charge is 2.45. The lowest BCUT2D eigenvalue weighted by atomic mass is 9.99. The minimum absolute atomic E-state index is 0.0220. The lowest BCUT2D eigenvalue weighted by molar-refractivity contribution is -0.277. The van der Waals surface area contributed by atoms with E-state index in [2.05, 4.69) is 0 Å². The van der Waals surface area contributed by atoms with Gasteiger partial charge in [0.25, 0.3) is 0 Å². The number of rotatable bonds is 12. The number of hydrogen-bond acceptors (Lipinski definition) is 12. The minimum atomic E-state index is -1.67. The Kier molecular flexibility index (Phi) is 10.3. The normalized spacial score (nSPS) is 25.4. The van der Waals surface area contributed by atoms with Crippen LogP contribution in [0.15, 0.2) is 36.4 Å². The predicted octanol–water partition coefficient (Wildman–Crippen LogP) is -1.02. The van der Waals surface area contributed by atoms with Crippen LogP contribution in [0, 0.1) is 0 Å². The summed E-state index contributed by atoms with van der Waals surface area (Å²) in [5, 5.41) is 79.8. The molecule has 12 heteroatoms. The van der Waals surface area contributed by atoms with Crippen LogP contribution in [0.1, 0.15) is 23.7 Å². The Labute approximate surface area is 213 Å². The van der Waals surface area contributed by atoms with E-state index < -0.39 is 56.1 Å². The van der Waals surface area contributed by atoms with Gasteiger partial charge in [-0.2, -0.15) is 0 Å². The van der Waals surface area contributed by atoms with E-state index >= 15 is 0 Å². The van der Waals surface area contributed by atoms with Crippen molar-refractivity contribution < 1.29 is 59.8 Å². The summed E-state index contributed by atoms with van der Waals surface area (Å²) in [6.45, 7) is -1.30. The van der Waals surface area contributed by atoms with Crippen LogP contribution in [-0.4, -0.2) is 105 Å². The predicted molar refractivity (Wildman–Crippen MR) is 127 cm³/mol. The van der Waals surface area contributed by atoms with E-state index in [0.717, 1.165) is 5.56 Å². The van der Waals surface area contributed by atoms with Gasteiger partial charge < -0.3 is 59.8 Å². The lowest BCUT2D eigenvalue weighted by Gasteiger charge is -2.39. The molecule has 37 heavy (non-hydrogen) atoms. The first-order valence-corrected chi connectivity index (χ1v) is 11.8. The highest BCUT2D eigenvalue weighted by atomic mass is 16.7. The molecule has 1 heterocycles. The minimum Gasteiger partial charge on any atom is -0.504 e. The van der Waals surface area contributed by atoms with Gasteiger partial charge in [-0.05, 0) is 48.2 Å². The Morgan fingerprint density at radius 2 is 1.68 bits per heavy atom. The number of aryl methyl sites for hydroxylation is 1. The molecule has 2 aromatic carbocycles. The molecule has 7 unspecified atom stereocenters. The van der Waals surface area contributed by atoms with Gasteiger partial charge in [-0.3, -0.25) is 0 Å². The standard InChI is InChI=1S/C25H34O12/c1-34-17-10-14(5-6-15(17)29)21(30)19(11-27)35-16-7-4-13(3-2-8-26)9-18(16)36-25-24(33)23(32)22(31)20(12-28)37-25/h4-7,9-10,19-33H,2-3,8,11-12H2,1H3. The molecule has 0 spiro atoms. The van der Waals surface area contributed by atoms with Gasteiger partial charge in [0.15, 0.2) is 29.1 Å². The topological polar surface area (TPSA) is 199 Å². The third-order valence-electron chi connectivity index (χ3n) is 6.08. The molecule has 2 aromatic rings. The Hall–Kier alpha value is -2.68. The number of aromatic hydroxyl groups is 1. The Morgan fingerprint density at radius 3 is 2.32 bits per heavy atom. The lowest BCUT2D eigenvalue weighted by Crippen LogP contribution is -2.60. The number of hydrogen-bond donors (Lipinski definition) is 8. The first-order valence-electron chi connectivity index (χ1n) is 11.8. The van der Waals surface area contributed by atoms with Crippen molar-refractivity contribution in [1.82, 2.24) is 0 Å². The summed E-state index contributed by atoms with van der Waals surface area (Å²) in [7, 11) is 1.35. The van der Waals surface area contributed by atoms with E-state index in [0.29, 0.717) is 18.4 Å². The van der Waals surface area contributed by atoms with Crippen molar-refractivity contribution >= 4 is 0 Å². The molecule has 1 fully saturated rings. The third kappa shape index (κ3) is 6.80. The number of aliphatic hydroxyl groups excluding tert-OH is 7. The van der Waals surface area contributed by atoms with Gasteiger partial charge in [0.2, 0.25) is 6.29 Å². The zero-order valence-electron chi connectivity index (χ0n) is 20.3. The number of methoxy groups -OCH3 is 1. The largest absolute Gasteiger partial charge is 0.504 e. The maximum absolute atomic E-state index is 10.9. The fraction of sp³-hybridized carbons (Fsp3) is 0.520.